The van der Waals surface area contributed by atoms with E-state index in [4.69, 9.17) is 9.47 Å². The van der Waals surface area contributed by atoms with Gasteiger partial charge in [-0.1, -0.05) is 45.0 Å². The summed E-state index contributed by atoms with van der Waals surface area (Å²) in [5, 5.41) is 8.77. The third-order valence-corrected chi connectivity index (χ3v) is 8.46. The molecule has 1 fully saturated rings. The number of aromatic nitrogens is 2. The first kappa shape index (κ1) is 30.4. The van der Waals surface area contributed by atoms with Gasteiger partial charge in [0.1, 0.15) is 18.2 Å². The van der Waals surface area contributed by atoms with Gasteiger partial charge in [-0.2, -0.15) is 5.10 Å². The van der Waals surface area contributed by atoms with Crippen LogP contribution in [0.15, 0.2) is 71.6 Å². The molecule has 43 heavy (non-hydrogen) atoms. The summed E-state index contributed by atoms with van der Waals surface area (Å²) in [7, 11) is -3.38. The largest absolute Gasteiger partial charge is 0.492 e. The van der Waals surface area contributed by atoms with Crippen molar-refractivity contribution in [3.63, 3.8) is 0 Å². The lowest BCUT2D eigenvalue weighted by atomic mass is 9.92. The molecule has 1 N–H and O–H groups in total. The van der Waals surface area contributed by atoms with E-state index in [1.165, 1.54) is 16.8 Å². The Balaban J connectivity index is 1.39. The van der Waals surface area contributed by atoms with Gasteiger partial charge >= 0.3 is 0 Å². The zero-order valence-corrected chi connectivity index (χ0v) is 25.6. The smallest absolute Gasteiger partial charge is 0.297 e. The van der Waals surface area contributed by atoms with Crippen LogP contribution in [0.4, 0.5) is 5.82 Å². The van der Waals surface area contributed by atoms with E-state index in [0.29, 0.717) is 34.9 Å². The van der Waals surface area contributed by atoms with Gasteiger partial charge in [-0.05, 0) is 41.8 Å². The molecule has 10 nitrogen and oxygen atoms in total. The molecule has 1 amide bonds. The highest BCUT2D eigenvalue weighted by atomic mass is 32.2. The minimum absolute atomic E-state index is 0.167. The van der Waals surface area contributed by atoms with Crippen LogP contribution in [0, 0.1) is 0 Å². The average Bonchev–Trinajstić information content (AvgIpc) is 3.41. The molecule has 4 aromatic rings. The summed E-state index contributed by atoms with van der Waals surface area (Å²) in [6.45, 7) is 10.4. The highest BCUT2D eigenvalue weighted by Gasteiger charge is 2.25. The highest BCUT2D eigenvalue weighted by molar-refractivity contribution is 7.90. The number of carbonyl (C=O) groups excluding carboxylic acids is 2. The van der Waals surface area contributed by atoms with Crippen LogP contribution in [-0.4, -0.2) is 80.5 Å². The Morgan fingerprint density at radius 1 is 0.977 bits per heavy atom. The van der Waals surface area contributed by atoms with Gasteiger partial charge in [0.05, 0.1) is 29.5 Å². The zero-order chi connectivity index (χ0) is 30.8. The number of benzene rings is 3. The van der Waals surface area contributed by atoms with E-state index in [9.17, 15) is 18.0 Å². The first-order valence-corrected chi connectivity index (χ1v) is 16.0. The van der Waals surface area contributed by atoms with Crippen LogP contribution in [0.3, 0.4) is 0 Å². The maximum atomic E-state index is 13.5. The predicted molar refractivity (Wildman–Crippen MR) is 165 cm³/mol. The number of amides is 1. The topological polar surface area (TPSA) is 120 Å². The van der Waals surface area contributed by atoms with Crippen molar-refractivity contribution in [1.29, 1.82) is 0 Å². The average molecular weight is 605 g/mol. The van der Waals surface area contributed by atoms with Crippen molar-refractivity contribution in [3.05, 3.63) is 78.0 Å². The lowest BCUT2D eigenvalue weighted by Crippen LogP contribution is -2.38. The van der Waals surface area contributed by atoms with E-state index in [0.717, 1.165) is 44.5 Å². The van der Waals surface area contributed by atoms with Gasteiger partial charge in [0.25, 0.3) is 11.7 Å². The Hall–Kier alpha value is -4.06. The number of ether oxygens (including phenoxy) is 2. The maximum Gasteiger partial charge on any atom is 0.297 e. The summed E-state index contributed by atoms with van der Waals surface area (Å²) in [5.74, 6) is -0.581. The van der Waals surface area contributed by atoms with E-state index in [2.05, 4.69) is 15.3 Å². The third kappa shape index (κ3) is 6.96. The number of nitrogens with one attached hydrogen (secondary N) is 1. The number of hydrogen-bond acceptors (Lipinski definition) is 8. The number of sulfone groups is 1. The van der Waals surface area contributed by atoms with Crippen molar-refractivity contribution in [2.75, 3.05) is 51.0 Å². The summed E-state index contributed by atoms with van der Waals surface area (Å²) in [4.78, 5) is 29.4. The minimum Gasteiger partial charge on any atom is -0.492 e. The molecule has 0 atom stereocenters. The fourth-order valence-corrected chi connectivity index (χ4v) is 5.50. The summed E-state index contributed by atoms with van der Waals surface area (Å²) in [5.41, 5.74) is 1.13. The molecule has 1 aromatic heterocycles. The van der Waals surface area contributed by atoms with Crippen molar-refractivity contribution < 1.29 is 27.5 Å². The highest BCUT2D eigenvalue weighted by Crippen LogP contribution is 2.30. The third-order valence-electron chi connectivity index (χ3n) is 7.33. The van der Waals surface area contributed by atoms with E-state index >= 15 is 0 Å². The number of nitrogens with zero attached hydrogens (tertiary/aromatic N) is 3. The fraction of sp³-hybridized carbons (Fsp3) is 0.344. The molecule has 1 aliphatic heterocycles. The SMILES string of the molecule is CC(C)(C)c1cc(NC(=O)C(=O)c2ccc(OCCN3CCOCC3)c3ccccc23)n(-c2ccc(S(C)(=O)=O)cc2)n1. The minimum atomic E-state index is -3.38. The van der Waals surface area contributed by atoms with Crippen molar-refractivity contribution in [2.24, 2.45) is 0 Å². The molecule has 3 aromatic carbocycles. The van der Waals surface area contributed by atoms with E-state index in [-0.39, 0.29) is 15.9 Å². The van der Waals surface area contributed by atoms with Crippen LogP contribution in [0.25, 0.3) is 16.5 Å². The van der Waals surface area contributed by atoms with Gasteiger partial charge in [-0.25, -0.2) is 13.1 Å². The number of rotatable bonds is 9. The molecular weight excluding hydrogens is 568 g/mol. The van der Waals surface area contributed by atoms with Gasteiger partial charge in [0.15, 0.2) is 9.84 Å². The zero-order valence-electron chi connectivity index (χ0n) is 24.8. The van der Waals surface area contributed by atoms with Crippen molar-refractivity contribution >= 4 is 38.1 Å². The molecular formula is C32H36N4O6S. The second-order valence-electron chi connectivity index (χ2n) is 11.6. The fourth-order valence-electron chi connectivity index (χ4n) is 4.87. The molecule has 0 unspecified atom stereocenters. The predicted octanol–water partition coefficient (Wildman–Crippen LogP) is 4.26. The van der Waals surface area contributed by atoms with Crippen molar-refractivity contribution in [1.82, 2.24) is 14.7 Å². The molecule has 1 saturated heterocycles. The standard InChI is InChI=1S/C32H36N4O6S/c1-32(2,3)28-21-29(36(34-28)22-9-11-23(12-10-22)43(4,39)40)33-31(38)30(37)26-13-14-27(25-8-6-5-7-24(25)26)42-20-17-35-15-18-41-19-16-35/h5-14,21H,15-20H2,1-4H3,(H,33,38). The van der Waals surface area contributed by atoms with E-state index in [1.807, 2.05) is 39.0 Å². The molecule has 0 bridgehead atoms. The number of fused-ring (bicyclic) bond motifs is 1. The Morgan fingerprint density at radius 3 is 2.30 bits per heavy atom. The molecule has 2 heterocycles. The Labute approximate surface area is 251 Å². The first-order chi connectivity index (χ1) is 20.4. The van der Waals surface area contributed by atoms with Gasteiger partial charge < -0.3 is 14.8 Å². The first-order valence-electron chi connectivity index (χ1n) is 14.1. The molecule has 226 valence electrons. The van der Waals surface area contributed by atoms with E-state index in [1.54, 1.807) is 36.4 Å². The van der Waals surface area contributed by atoms with Gasteiger partial charge in [0.2, 0.25) is 0 Å². The van der Waals surface area contributed by atoms with Crippen LogP contribution in [-0.2, 0) is 24.8 Å². The Morgan fingerprint density at radius 2 is 1.65 bits per heavy atom. The van der Waals surface area contributed by atoms with Gasteiger partial charge in [0, 0.05) is 48.3 Å². The number of carbonyl (C=O) groups is 2. The normalized spacial score (nSPS) is 14.5. The second kappa shape index (κ2) is 12.3. The molecule has 0 saturated carbocycles. The summed E-state index contributed by atoms with van der Waals surface area (Å²) in [6, 6.07) is 18.6. The molecule has 0 spiro atoms. The van der Waals surface area contributed by atoms with Crippen LogP contribution in [0.5, 0.6) is 5.75 Å². The van der Waals surface area contributed by atoms with Crippen LogP contribution >= 0.6 is 0 Å². The Bertz CT molecular complexity index is 1750. The number of ketones is 1. The second-order valence-corrected chi connectivity index (χ2v) is 13.6. The van der Waals surface area contributed by atoms with Crippen molar-refractivity contribution in [2.45, 2.75) is 31.1 Å². The summed E-state index contributed by atoms with van der Waals surface area (Å²) >= 11 is 0. The van der Waals surface area contributed by atoms with Gasteiger partial charge in [-0.15, -0.1) is 0 Å². The quantitative estimate of drug-likeness (QED) is 0.222. The molecule has 0 radical (unpaired) electrons. The lowest BCUT2D eigenvalue weighted by Gasteiger charge is -2.26. The number of hydrogen-bond donors (Lipinski definition) is 1. The summed E-state index contributed by atoms with van der Waals surface area (Å²) in [6.07, 6.45) is 1.14. The number of morpholine rings is 1. The molecule has 1 aliphatic rings. The Kier molecular flexibility index (Phi) is 8.68. The lowest BCUT2D eigenvalue weighted by molar-refractivity contribution is -0.112. The van der Waals surface area contributed by atoms with Crippen LogP contribution < -0.4 is 10.1 Å². The monoisotopic (exact) mass is 604 g/mol. The molecule has 0 aliphatic carbocycles. The molecule has 11 heteroatoms. The number of anilines is 1. The number of Topliss-reactive ketones (excluding diaryl/α,β-unsaturated/α-hetero) is 1. The van der Waals surface area contributed by atoms with Crippen LogP contribution in [0.1, 0.15) is 36.8 Å². The van der Waals surface area contributed by atoms with Crippen molar-refractivity contribution in [3.8, 4) is 11.4 Å². The van der Waals surface area contributed by atoms with Gasteiger partial charge in [-0.3, -0.25) is 14.5 Å². The summed E-state index contributed by atoms with van der Waals surface area (Å²) < 4.78 is 36.9. The van der Waals surface area contributed by atoms with E-state index < -0.39 is 21.5 Å². The van der Waals surface area contributed by atoms with Crippen LogP contribution in [0.2, 0.25) is 0 Å². The molecule has 5 rings (SSSR count). The maximum absolute atomic E-state index is 13.5.